The highest BCUT2D eigenvalue weighted by atomic mass is 19.1. The van der Waals surface area contributed by atoms with Crippen LogP contribution in [0.15, 0.2) is 12.4 Å². The second-order valence-corrected chi connectivity index (χ2v) is 3.18. The van der Waals surface area contributed by atoms with Crippen LogP contribution in [0.3, 0.4) is 0 Å². The maximum atomic E-state index is 12.4. The lowest BCUT2D eigenvalue weighted by Crippen LogP contribution is -2.15. The van der Waals surface area contributed by atoms with Gasteiger partial charge in [-0.05, 0) is 6.42 Å². The fourth-order valence-electron chi connectivity index (χ4n) is 0.928. The maximum absolute atomic E-state index is 12.4. The summed E-state index contributed by atoms with van der Waals surface area (Å²) in [4.78, 5) is 17.8. The molecule has 0 fully saturated rings. The Hall–Kier alpha value is -1.72. The average molecular weight is 213 g/mol. The lowest BCUT2D eigenvalue weighted by molar-refractivity contribution is -0.141. The number of anilines is 1. The molecule has 82 valence electrons. The van der Waals surface area contributed by atoms with Gasteiger partial charge in [-0.1, -0.05) is 6.92 Å². The first-order valence-electron chi connectivity index (χ1n) is 4.54. The van der Waals surface area contributed by atoms with Crippen molar-refractivity contribution >= 4 is 11.9 Å². The molecule has 15 heavy (non-hydrogen) atoms. The molecule has 1 aromatic heterocycles. The lowest BCUT2D eigenvalue weighted by atomic mass is 10.1. The van der Waals surface area contributed by atoms with Gasteiger partial charge in [0.25, 0.3) is 0 Å². The third-order valence-corrected chi connectivity index (χ3v) is 1.90. The second kappa shape index (κ2) is 5.23. The van der Waals surface area contributed by atoms with Crippen molar-refractivity contribution in [1.82, 2.24) is 9.97 Å². The molecule has 5 nitrogen and oxygen atoms in total. The van der Waals surface area contributed by atoms with Gasteiger partial charge >= 0.3 is 5.97 Å². The fraction of sp³-hybridized carbons (Fsp3) is 0.444. The Morgan fingerprint density at radius 1 is 1.60 bits per heavy atom. The van der Waals surface area contributed by atoms with Crippen LogP contribution >= 0.6 is 0 Å². The molecule has 1 atom stereocenters. The third-order valence-electron chi connectivity index (χ3n) is 1.90. The molecular formula is C9H12FN3O2. The first kappa shape index (κ1) is 11.4. The van der Waals surface area contributed by atoms with E-state index < -0.39 is 17.7 Å². The molecule has 0 saturated heterocycles. The van der Waals surface area contributed by atoms with E-state index in [0.29, 0.717) is 18.9 Å². The Kier molecular flexibility index (Phi) is 3.96. The van der Waals surface area contributed by atoms with Gasteiger partial charge in [0.15, 0.2) is 5.82 Å². The normalized spacial score (nSPS) is 12.1. The SMILES string of the molecule is CC(CCNc1ncc(F)cn1)C(=O)O. The monoisotopic (exact) mass is 213 g/mol. The van der Waals surface area contributed by atoms with Gasteiger partial charge < -0.3 is 10.4 Å². The molecule has 1 aromatic rings. The first-order valence-corrected chi connectivity index (χ1v) is 4.54. The summed E-state index contributed by atoms with van der Waals surface area (Å²) >= 11 is 0. The van der Waals surface area contributed by atoms with Gasteiger partial charge in [-0.25, -0.2) is 14.4 Å². The zero-order chi connectivity index (χ0) is 11.3. The number of aromatic nitrogens is 2. The van der Waals surface area contributed by atoms with E-state index in [1.807, 2.05) is 0 Å². The van der Waals surface area contributed by atoms with Gasteiger partial charge in [0.05, 0.1) is 18.3 Å². The number of nitrogens with one attached hydrogen (secondary N) is 1. The third kappa shape index (κ3) is 3.88. The van der Waals surface area contributed by atoms with Gasteiger partial charge in [-0.2, -0.15) is 0 Å². The van der Waals surface area contributed by atoms with Gasteiger partial charge in [0.1, 0.15) is 0 Å². The minimum atomic E-state index is -0.836. The highest BCUT2D eigenvalue weighted by Gasteiger charge is 2.09. The Balaban J connectivity index is 2.32. The van der Waals surface area contributed by atoms with Crippen molar-refractivity contribution in [3.8, 4) is 0 Å². The summed E-state index contributed by atoms with van der Waals surface area (Å²) in [5.74, 6) is -1.46. The van der Waals surface area contributed by atoms with Crippen LogP contribution in [0.4, 0.5) is 10.3 Å². The zero-order valence-electron chi connectivity index (χ0n) is 8.27. The van der Waals surface area contributed by atoms with Crippen LogP contribution in [0, 0.1) is 11.7 Å². The topological polar surface area (TPSA) is 75.1 Å². The van der Waals surface area contributed by atoms with Crippen molar-refractivity contribution in [1.29, 1.82) is 0 Å². The van der Waals surface area contributed by atoms with Crippen LogP contribution < -0.4 is 5.32 Å². The summed E-state index contributed by atoms with van der Waals surface area (Å²) in [5, 5.41) is 11.4. The molecule has 2 N–H and O–H groups in total. The smallest absolute Gasteiger partial charge is 0.306 e. The number of nitrogens with zero attached hydrogens (tertiary/aromatic N) is 2. The molecular weight excluding hydrogens is 201 g/mol. The number of carbonyl (C=O) groups is 1. The van der Waals surface area contributed by atoms with E-state index in [-0.39, 0.29) is 0 Å². The fourth-order valence-corrected chi connectivity index (χ4v) is 0.928. The van der Waals surface area contributed by atoms with E-state index in [1.54, 1.807) is 6.92 Å². The zero-order valence-corrected chi connectivity index (χ0v) is 8.27. The summed E-state index contributed by atoms with van der Waals surface area (Å²) in [6.45, 7) is 2.06. The predicted molar refractivity (Wildman–Crippen MR) is 51.9 cm³/mol. The number of carboxylic acid groups (broad SMARTS) is 1. The number of halogens is 1. The molecule has 0 aromatic carbocycles. The van der Waals surface area contributed by atoms with Crippen LogP contribution in [0.25, 0.3) is 0 Å². The summed E-state index contributed by atoms with van der Waals surface area (Å²) < 4.78 is 12.4. The Labute approximate surface area is 86.4 Å². The number of hydrogen-bond donors (Lipinski definition) is 2. The minimum Gasteiger partial charge on any atom is -0.481 e. The Morgan fingerprint density at radius 3 is 2.73 bits per heavy atom. The second-order valence-electron chi connectivity index (χ2n) is 3.18. The number of hydrogen-bond acceptors (Lipinski definition) is 4. The van der Waals surface area contributed by atoms with Crippen molar-refractivity contribution in [3.63, 3.8) is 0 Å². The van der Waals surface area contributed by atoms with E-state index in [2.05, 4.69) is 15.3 Å². The maximum Gasteiger partial charge on any atom is 0.306 e. The summed E-state index contributed by atoms with van der Waals surface area (Å²) in [6.07, 6.45) is 2.57. The van der Waals surface area contributed by atoms with Crippen molar-refractivity contribution < 1.29 is 14.3 Å². The Bertz CT molecular complexity index is 329. The largest absolute Gasteiger partial charge is 0.481 e. The number of rotatable bonds is 5. The molecule has 0 aliphatic rings. The molecule has 0 bridgehead atoms. The highest BCUT2D eigenvalue weighted by Crippen LogP contribution is 2.03. The number of aliphatic carboxylic acids is 1. The first-order chi connectivity index (χ1) is 7.09. The van der Waals surface area contributed by atoms with E-state index in [1.165, 1.54) is 0 Å². The van der Waals surface area contributed by atoms with Crippen molar-refractivity contribution in [2.24, 2.45) is 5.92 Å². The van der Waals surface area contributed by atoms with E-state index in [9.17, 15) is 9.18 Å². The van der Waals surface area contributed by atoms with Gasteiger partial charge in [-0.15, -0.1) is 0 Å². The molecule has 1 heterocycles. The lowest BCUT2D eigenvalue weighted by Gasteiger charge is -2.06. The highest BCUT2D eigenvalue weighted by molar-refractivity contribution is 5.69. The molecule has 6 heteroatoms. The van der Waals surface area contributed by atoms with Gasteiger partial charge in [0.2, 0.25) is 5.95 Å². The molecule has 1 unspecified atom stereocenters. The minimum absolute atomic E-state index is 0.300. The van der Waals surface area contributed by atoms with E-state index >= 15 is 0 Å². The molecule has 0 aliphatic carbocycles. The molecule has 0 saturated carbocycles. The van der Waals surface area contributed by atoms with Gasteiger partial charge in [-0.3, -0.25) is 4.79 Å². The summed E-state index contributed by atoms with van der Waals surface area (Å²) in [7, 11) is 0. The molecule has 1 rings (SSSR count). The Morgan fingerprint density at radius 2 is 2.20 bits per heavy atom. The van der Waals surface area contributed by atoms with Crippen LogP contribution in [-0.2, 0) is 4.79 Å². The van der Waals surface area contributed by atoms with Crippen molar-refractivity contribution in [2.75, 3.05) is 11.9 Å². The molecule has 0 amide bonds. The van der Waals surface area contributed by atoms with Crippen LogP contribution in [0.1, 0.15) is 13.3 Å². The predicted octanol–water partition coefficient (Wildman–Crippen LogP) is 1.14. The van der Waals surface area contributed by atoms with Crippen molar-refractivity contribution in [2.45, 2.75) is 13.3 Å². The molecule has 0 spiro atoms. The van der Waals surface area contributed by atoms with Crippen LogP contribution in [-0.4, -0.2) is 27.6 Å². The van der Waals surface area contributed by atoms with Gasteiger partial charge in [0, 0.05) is 6.54 Å². The van der Waals surface area contributed by atoms with Crippen molar-refractivity contribution in [3.05, 3.63) is 18.2 Å². The molecule has 0 radical (unpaired) electrons. The quantitative estimate of drug-likeness (QED) is 0.767. The number of carboxylic acids is 1. The van der Waals surface area contributed by atoms with E-state index in [4.69, 9.17) is 5.11 Å². The van der Waals surface area contributed by atoms with E-state index in [0.717, 1.165) is 12.4 Å². The summed E-state index contributed by atoms with van der Waals surface area (Å²) in [5.41, 5.74) is 0. The standard InChI is InChI=1S/C9H12FN3O2/c1-6(8(14)15)2-3-11-9-12-4-7(10)5-13-9/h4-6H,2-3H2,1H3,(H,14,15)(H,11,12,13). The molecule has 0 aliphatic heterocycles. The average Bonchev–Trinajstić information content (AvgIpc) is 2.20. The van der Waals surface area contributed by atoms with Crippen LogP contribution in [0.2, 0.25) is 0 Å². The van der Waals surface area contributed by atoms with Crippen LogP contribution in [0.5, 0.6) is 0 Å². The summed E-state index contributed by atoms with van der Waals surface area (Å²) in [6, 6.07) is 0.